The van der Waals surface area contributed by atoms with Gasteiger partial charge in [0.05, 0.1) is 6.04 Å². The van der Waals surface area contributed by atoms with E-state index in [0.29, 0.717) is 0 Å². The zero-order valence-corrected chi connectivity index (χ0v) is 22.0. The lowest BCUT2D eigenvalue weighted by atomic mass is 9.96. The van der Waals surface area contributed by atoms with E-state index in [1.54, 1.807) is 11.3 Å². The van der Waals surface area contributed by atoms with Crippen molar-refractivity contribution in [2.75, 3.05) is 26.2 Å². The van der Waals surface area contributed by atoms with Gasteiger partial charge in [0, 0.05) is 36.6 Å². The van der Waals surface area contributed by atoms with E-state index >= 15 is 0 Å². The van der Waals surface area contributed by atoms with Crippen LogP contribution in [0.2, 0.25) is 0 Å². The summed E-state index contributed by atoms with van der Waals surface area (Å²) in [6.45, 7) is 5.23. The molecule has 2 atom stereocenters. The van der Waals surface area contributed by atoms with Crippen LogP contribution in [0, 0.1) is 0 Å². The number of thiophene rings is 1. The molecular formula is C32H34N2O2S. The van der Waals surface area contributed by atoms with Gasteiger partial charge in [-0.05, 0) is 47.7 Å². The van der Waals surface area contributed by atoms with Crippen LogP contribution in [0.15, 0.2) is 102 Å². The maximum Gasteiger partial charge on any atom is 0.178 e. The molecule has 0 spiro atoms. The molecule has 3 aromatic carbocycles. The molecule has 1 aliphatic rings. The molecule has 1 fully saturated rings. The van der Waals surface area contributed by atoms with Gasteiger partial charge >= 0.3 is 0 Å². The number of aliphatic hydroxyl groups excluding tert-OH is 1. The number of hydrogen-bond donors (Lipinski definition) is 1. The molecule has 5 heteroatoms. The Kier molecular flexibility index (Phi) is 8.49. The third kappa shape index (κ3) is 6.38. The summed E-state index contributed by atoms with van der Waals surface area (Å²) in [5.74, 6) is 0.787. The molecule has 0 saturated carbocycles. The monoisotopic (exact) mass is 510 g/mol. The normalized spacial score (nSPS) is 16.7. The van der Waals surface area contributed by atoms with Gasteiger partial charge in [-0.25, -0.2) is 0 Å². The van der Waals surface area contributed by atoms with Gasteiger partial charge in [0.2, 0.25) is 0 Å². The summed E-state index contributed by atoms with van der Waals surface area (Å²) in [5.41, 5.74) is 3.61. The molecule has 1 aromatic heterocycles. The summed E-state index contributed by atoms with van der Waals surface area (Å²) in [5, 5.41) is 12.8. The quantitative estimate of drug-likeness (QED) is 0.282. The Balaban J connectivity index is 1.30. The maximum atomic E-state index is 10.7. The highest BCUT2D eigenvalue weighted by atomic mass is 32.1. The zero-order chi connectivity index (χ0) is 25.5. The molecule has 0 aliphatic carbocycles. The second-order valence-corrected chi connectivity index (χ2v) is 10.4. The third-order valence-corrected chi connectivity index (χ3v) is 7.69. The van der Waals surface area contributed by atoms with E-state index in [1.165, 1.54) is 16.0 Å². The molecule has 0 radical (unpaired) electrons. The smallest absolute Gasteiger partial charge is 0.178 e. The molecule has 1 N–H and O–H groups in total. The number of hydrogen-bond acceptors (Lipinski definition) is 5. The molecule has 4 aromatic rings. The van der Waals surface area contributed by atoms with Crippen molar-refractivity contribution in [2.24, 2.45) is 0 Å². The molecule has 5 rings (SSSR count). The summed E-state index contributed by atoms with van der Waals surface area (Å²) in [6, 6.07) is 33.9. The minimum atomic E-state index is -0.625. The molecule has 0 bridgehead atoms. The summed E-state index contributed by atoms with van der Waals surface area (Å²) in [7, 11) is 0. The largest absolute Gasteiger partial charge is 0.472 e. The average molecular weight is 511 g/mol. The summed E-state index contributed by atoms with van der Waals surface area (Å²) >= 11 is 1.71. The van der Waals surface area contributed by atoms with Gasteiger partial charge in [0.1, 0.15) is 11.9 Å². The van der Waals surface area contributed by atoms with Gasteiger partial charge < -0.3 is 9.84 Å². The molecule has 190 valence electrons. The van der Waals surface area contributed by atoms with Crippen molar-refractivity contribution < 1.29 is 9.84 Å². The average Bonchev–Trinajstić information content (AvgIpc) is 3.47. The standard InChI is InChI=1S/C32H34N2O2S/c1-25(35)32(36-30-17-9-8-11-26(30)18-19-29-16-10-24-37-29)34-22-20-33(21-23-34)31(27-12-4-2-5-13-27)28-14-6-3-7-15-28/h2-19,24-25,31-32,35H,20-23H2,1H3. The molecule has 0 amide bonds. The van der Waals surface area contributed by atoms with Crippen molar-refractivity contribution in [3.63, 3.8) is 0 Å². The van der Waals surface area contributed by atoms with E-state index in [0.717, 1.165) is 37.5 Å². The highest BCUT2D eigenvalue weighted by molar-refractivity contribution is 7.10. The van der Waals surface area contributed by atoms with E-state index in [-0.39, 0.29) is 6.04 Å². The Morgan fingerprint density at radius 3 is 1.92 bits per heavy atom. The Morgan fingerprint density at radius 2 is 1.32 bits per heavy atom. The van der Waals surface area contributed by atoms with Gasteiger partial charge in [-0.3, -0.25) is 9.80 Å². The first kappa shape index (κ1) is 25.4. The number of para-hydroxylation sites is 1. The molecule has 37 heavy (non-hydrogen) atoms. The number of rotatable bonds is 9. The molecule has 2 heterocycles. The minimum absolute atomic E-state index is 0.207. The van der Waals surface area contributed by atoms with Gasteiger partial charge in [-0.2, -0.15) is 0 Å². The number of piperazine rings is 1. The van der Waals surface area contributed by atoms with Crippen molar-refractivity contribution in [3.8, 4) is 5.75 Å². The van der Waals surface area contributed by atoms with Crippen LogP contribution in [0.3, 0.4) is 0 Å². The van der Waals surface area contributed by atoms with Gasteiger partial charge in [0.25, 0.3) is 0 Å². The second-order valence-electron chi connectivity index (χ2n) is 9.43. The molecule has 1 aliphatic heterocycles. The van der Waals surface area contributed by atoms with E-state index in [9.17, 15) is 5.11 Å². The number of ether oxygens (including phenoxy) is 1. The lowest BCUT2D eigenvalue weighted by Gasteiger charge is -2.43. The van der Waals surface area contributed by atoms with E-state index in [1.807, 2.05) is 25.1 Å². The Bertz CT molecular complexity index is 1210. The van der Waals surface area contributed by atoms with Crippen molar-refractivity contribution >= 4 is 23.5 Å². The van der Waals surface area contributed by atoms with Gasteiger partial charge in [-0.15, -0.1) is 11.3 Å². The van der Waals surface area contributed by atoms with E-state index in [2.05, 4.69) is 106 Å². The second kappa shape index (κ2) is 12.3. The molecule has 2 unspecified atom stereocenters. The summed E-state index contributed by atoms with van der Waals surface area (Å²) in [6.07, 6.45) is 3.16. The minimum Gasteiger partial charge on any atom is -0.472 e. The fourth-order valence-electron chi connectivity index (χ4n) is 5.03. The van der Waals surface area contributed by atoms with Crippen LogP contribution < -0.4 is 4.74 Å². The Hall–Kier alpha value is -3.22. The van der Waals surface area contributed by atoms with Crippen LogP contribution in [-0.4, -0.2) is 53.4 Å². The SMILES string of the molecule is CC(O)C(Oc1ccccc1C=Cc1cccs1)N1CCN(C(c2ccccc2)c2ccccc2)CC1. The van der Waals surface area contributed by atoms with Crippen molar-refractivity contribution in [1.29, 1.82) is 0 Å². The lowest BCUT2D eigenvalue weighted by Crippen LogP contribution is -2.55. The molecule has 4 nitrogen and oxygen atoms in total. The highest BCUT2D eigenvalue weighted by Crippen LogP contribution is 2.31. The van der Waals surface area contributed by atoms with E-state index in [4.69, 9.17) is 4.74 Å². The molecule has 1 saturated heterocycles. The maximum absolute atomic E-state index is 10.7. The van der Waals surface area contributed by atoms with Gasteiger partial charge in [-0.1, -0.05) is 84.9 Å². The first-order valence-corrected chi connectivity index (χ1v) is 13.8. The number of nitrogens with zero attached hydrogens (tertiary/aromatic N) is 2. The van der Waals surface area contributed by atoms with Crippen LogP contribution in [0.25, 0.3) is 12.2 Å². The van der Waals surface area contributed by atoms with E-state index < -0.39 is 12.3 Å². The fraction of sp³-hybridized carbons (Fsp3) is 0.250. The topological polar surface area (TPSA) is 35.9 Å². The van der Waals surface area contributed by atoms with Crippen LogP contribution in [0.4, 0.5) is 0 Å². The van der Waals surface area contributed by atoms with Crippen LogP contribution in [0.1, 0.15) is 34.5 Å². The van der Waals surface area contributed by atoms with Crippen LogP contribution in [0.5, 0.6) is 5.75 Å². The van der Waals surface area contributed by atoms with Crippen molar-refractivity contribution in [2.45, 2.75) is 25.3 Å². The fourth-order valence-corrected chi connectivity index (χ4v) is 5.64. The Morgan fingerprint density at radius 1 is 0.730 bits per heavy atom. The number of benzene rings is 3. The third-order valence-electron chi connectivity index (χ3n) is 6.85. The van der Waals surface area contributed by atoms with Crippen molar-refractivity contribution in [3.05, 3.63) is 124 Å². The predicted molar refractivity (Wildman–Crippen MR) is 154 cm³/mol. The highest BCUT2D eigenvalue weighted by Gasteiger charge is 2.32. The summed E-state index contributed by atoms with van der Waals surface area (Å²) < 4.78 is 6.49. The summed E-state index contributed by atoms with van der Waals surface area (Å²) in [4.78, 5) is 6.01. The Labute approximate surface area is 224 Å². The van der Waals surface area contributed by atoms with Crippen LogP contribution >= 0.6 is 11.3 Å². The predicted octanol–water partition coefficient (Wildman–Crippen LogP) is 6.41. The first-order valence-electron chi connectivity index (χ1n) is 12.9. The number of aliphatic hydroxyl groups is 1. The van der Waals surface area contributed by atoms with Crippen molar-refractivity contribution in [1.82, 2.24) is 9.80 Å². The zero-order valence-electron chi connectivity index (χ0n) is 21.2. The van der Waals surface area contributed by atoms with Gasteiger partial charge in [0.15, 0.2) is 6.23 Å². The molecular weight excluding hydrogens is 476 g/mol. The van der Waals surface area contributed by atoms with Crippen LogP contribution in [-0.2, 0) is 0 Å². The first-order chi connectivity index (χ1) is 18.2. The lowest BCUT2D eigenvalue weighted by molar-refractivity contribution is -0.0770.